The zero-order chi connectivity index (χ0) is 9.15. The van der Waals surface area contributed by atoms with Crippen molar-refractivity contribution in [1.82, 2.24) is 9.36 Å². The summed E-state index contributed by atoms with van der Waals surface area (Å²) in [5, 5.41) is 13.6. The second-order valence-electron chi connectivity index (χ2n) is 3.13. The molecule has 1 fully saturated rings. The molecule has 1 saturated heterocycles. The molecule has 2 rings (SSSR count). The Balaban J connectivity index is 1.85. The maximum atomic E-state index is 9.86. The predicted octanol–water partition coefficient (Wildman–Crippen LogP) is 0.101. The Labute approximate surface area is 79.9 Å². The molecule has 0 bridgehead atoms. The van der Waals surface area contributed by atoms with Gasteiger partial charge in [-0.05, 0) is 0 Å². The highest BCUT2D eigenvalue weighted by Crippen LogP contribution is 2.19. The lowest BCUT2D eigenvalue weighted by molar-refractivity contribution is 0.0382. The zero-order valence-electron chi connectivity index (χ0n) is 7.06. The summed E-state index contributed by atoms with van der Waals surface area (Å²) in [6.45, 7) is 1.51. The van der Waals surface area contributed by atoms with Crippen molar-refractivity contribution >= 4 is 16.7 Å². The number of anilines is 1. The fraction of sp³-hybridized carbons (Fsp3) is 0.714. The Morgan fingerprint density at radius 1 is 1.77 bits per heavy atom. The number of nitrogens with zero attached hydrogens (tertiary/aromatic N) is 2. The van der Waals surface area contributed by atoms with Gasteiger partial charge in [0.25, 0.3) is 0 Å². The van der Waals surface area contributed by atoms with Gasteiger partial charge in [-0.3, -0.25) is 0 Å². The second kappa shape index (κ2) is 3.57. The Morgan fingerprint density at radius 3 is 3.31 bits per heavy atom. The van der Waals surface area contributed by atoms with E-state index in [1.54, 1.807) is 0 Å². The van der Waals surface area contributed by atoms with Crippen LogP contribution in [-0.4, -0.2) is 39.8 Å². The fourth-order valence-corrected chi connectivity index (χ4v) is 1.65. The minimum atomic E-state index is -0.730. The van der Waals surface area contributed by atoms with Gasteiger partial charge < -0.3 is 15.2 Å². The molecule has 1 aliphatic rings. The molecule has 0 radical (unpaired) electrons. The van der Waals surface area contributed by atoms with Crippen LogP contribution in [0.15, 0.2) is 6.33 Å². The zero-order valence-corrected chi connectivity index (χ0v) is 7.88. The van der Waals surface area contributed by atoms with Crippen LogP contribution < -0.4 is 5.32 Å². The molecule has 72 valence electrons. The van der Waals surface area contributed by atoms with Crippen molar-refractivity contribution in [3.8, 4) is 0 Å². The van der Waals surface area contributed by atoms with E-state index in [0.29, 0.717) is 26.2 Å². The van der Waals surface area contributed by atoms with Crippen molar-refractivity contribution in [3.63, 3.8) is 0 Å². The first-order valence-corrected chi connectivity index (χ1v) is 4.87. The SMILES string of the molecule is OC1(CNc2ncns2)CCOC1. The van der Waals surface area contributed by atoms with Crippen molar-refractivity contribution in [2.45, 2.75) is 12.0 Å². The maximum Gasteiger partial charge on any atom is 0.202 e. The second-order valence-corrected chi connectivity index (χ2v) is 3.91. The summed E-state index contributed by atoms with van der Waals surface area (Å²) in [6.07, 6.45) is 2.17. The van der Waals surface area contributed by atoms with Crippen LogP contribution in [0, 0.1) is 0 Å². The quantitative estimate of drug-likeness (QED) is 0.726. The molecule has 2 N–H and O–H groups in total. The molecule has 0 aromatic carbocycles. The number of rotatable bonds is 3. The van der Waals surface area contributed by atoms with Gasteiger partial charge in [0.1, 0.15) is 11.9 Å². The van der Waals surface area contributed by atoms with Crippen LogP contribution >= 0.6 is 11.5 Å². The van der Waals surface area contributed by atoms with E-state index in [-0.39, 0.29) is 0 Å². The number of aromatic nitrogens is 2. The average molecular weight is 201 g/mol. The molecule has 0 amide bonds. The van der Waals surface area contributed by atoms with E-state index in [4.69, 9.17) is 4.74 Å². The van der Waals surface area contributed by atoms with Gasteiger partial charge in [0, 0.05) is 31.1 Å². The lowest BCUT2D eigenvalue weighted by atomic mass is 10.0. The highest BCUT2D eigenvalue weighted by atomic mass is 32.1. The van der Waals surface area contributed by atoms with Crippen LogP contribution in [0.4, 0.5) is 5.13 Å². The number of hydrogen-bond acceptors (Lipinski definition) is 6. The predicted molar refractivity (Wildman–Crippen MR) is 48.8 cm³/mol. The summed E-state index contributed by atoms with van der Waals surface area (Å²) in [7, 11) is 0. The van der Waals surface area contributed by atoms with Gasteiger partial charge in [-0.25, -0.2) is 4.98 Å². The van der Waals surface area contributed by atoms with Gasteiger partial charge >= 0.3 is 0 Å². The molecule has 0 saturated carbocycles. The number of aliphatic hydroxyl groups is 1. The summed E-state index contributed by atoms with van der Waals surface area (Å²) in [4.78, 5) is 3.95. The molecule has 1 unspecified atom stereocenters. The minimum absolute atomic E-state index is 0.402. The molecule has 1 aromatic heterocycles. The molecule has 6 heteroatoms. The molecule has 1 aromatic rings. The van der Waals surface area contributed by atoms with E-state index >= 15 is 0 Å². The molecule has 1 aliphatic heterocycles. The van der Waals surface area contributed by atoms with Crippen LogP contribution in [0.25, 0.3) is 0 Å². The Morgan fingerprint density at radius 2 is 2.69 bits per heavy atom. The number of hydrogen-bond donors (Lipinski definition) is 2. The van der Waals surface area contributed by atoms with Crippen molar-refractivity contribution in [2.24, 2.45) is 0 Å². The normalized spacial score (nSPS) is 27.8. The summed E-state index contributed by atoms with van der Waals surface area (Å²) >= 11 is 1.28. The third kappa shape index (κ3) is 2.15. The van der Waals surface area contributed by atoms with Crippen LogP contribution in [0.2, 0.25) is 0 Å². The summed E-state index contributed by atoms with van der Waals surface area (Å²) < 4.78 is 8.95. The largest absolute Gasteiger partial charge is 0.386 e. The van der Waals surface area contributed by atoms with E-state index in [0.717, 1.165) is 5.13 Å². The highest BCUT2D eigenvalue weighted by molar-refractivity contribution is 7.09. The van der Waals surface area contributed by atoms with E-state index in [9.17, 15) is 5.11 Å². The van der Waals surface area contributed by atoms with E-state index < -0.39 is 5.60 Å². The van der Waals surface area contributed by atoms with Gasteiger partial charge in [0.05, 0.1) is 6.61 Å². The van der Waals surface area contributed by atoms with Crippen LogP contribution in [0.1, 0.15) is 6.42 Å². The van der Waals surface area contributed by atoms with Crippen LogP contribution in [0.5, 0.6) is 0 Å². The van der Waals surface area contributed by atoms with E-state index in [1.165, 1.54) is 17.9 Å². The average Bonchev–Trinajstić information content (AvgIpc) is 2.72. The van der Waals surface area contributed by atoms with Gasteiger partial charge in [-0.1, -0.05) is 0 Å². The van der Waals surface area contributed by atoms with E-state index in [2.05, 4.69) is 14.7 Å². The lowest BCUT2D eigenvalue weighted by Crippen LogP contribution is -2.37. The van der Waals surface area contributed by atoms with Crippen molar-refractivity contribution in [2.75, 3.05) is 25.1 Å². The first-order chi connectivity index (χ1) is 6.29. The van der Waals surface area contributed by atoms with Crippen LogP contribution in [0.3, 0.4) is 0 Å². The molecule has 0 spiro atoms. The van der Waals surface area contributed by atoms with Crippen LogP contribution in [-0.2, 0) is 4.74 Å². The lowest BCUT2D eigenvalue weighted by Gasteiger charge is -2.19. The summed E-state index contributed by atoms with van der Waals surface area (Å²) in [5.74, 6) is 0. The Bertz CT molecular complexity index is 259. The van der Waals surface area contributed by atoms with Gasteiger partial charge in [-0.15, -0.1) is 0 Å². The fourth-order valence-electron chi connectivity index (χ4n) is 1.23. The van der Waals surface area contributed by atoms with Gasteiger partial charge in [-0.2, -0.15) is 4.37 Å². The first kappa shape index (κ1) is 8.86. The smallest absolute Gasteiger partial charge is 0.202 e. The summed E-state index contributed by atoms with van der Waals surface area (Å²) in [6, 6.07) is 0. The summed E-state index contributed by atoms with van der Waals surface area (Å²) in [5.41, 5.74) is -0.730. The molecular formula is C7H11N3O2S. The molecule has 5 nitrogen and oxygen atoms in total. The molecule has 1 atom stereocenters. The topological polar surface area (TPSA) is 67.3 Å². The van der Waals surface area contributed by atoms with Crippen molar-refractivity contribution in [3.05, 3.63) is 6.33 Å². The van der Waals surface area contributed by atoms with Gasteiger partial charge in [0.2, 0.25) is 5.13 Å². The number of nitrogens with one attached hydrogen (secondary N) is 1. The Hall–Kier alpha value is -0.720. The van der Waals surface area contributed by atoms with Gasteiger partial charge in [0.15, 0.2) is 0 Å². The third-order valence-electron chi connectivity index (χ3n) is 2.01. The highest BCUT2D eigenvalue weighted by Gasteiger charge is 2.32. The Kier molecular flexibility index (Phi) is 2.43. The molecular weight excluding hydrogens is 190 g/mol. The molecule has 0 aliphatic carbocycles. The third-order valence-corrected chi connectivity index (χ3v) is 2.63. The first-order valence-electron chi connectivity index (χ1n) is 4.09. The number of ether oxygens (including phenoxy) is 1. The molecule has 2 heterocycles. The van der Waals surface area contributed by atoms with Crippen molar-refractivity contribution in [1.29, 1.82) is 0 Å². The van der Waals surface area contributed by atoms with Crippen molar-refractivity contribution < 1.29 is 9.84 Å². The maximum absolute atomic E-state index is 9.86. The minimum Gasteiger partial charge on any atom is -0.386 e. The monoisotopic (exact) mass is 201 g/mol. The molecule has 13 heavy (non-hydrogen) atoms. The standard InChI is InChI=1S/C7H11N3O2S/c11-7(1-2-12-4-7)3-8-6-9-5-10-13-6/h5,11H,1-4H2,(H,8,9,10). The van der Waals surface area contributed by atoms with E-state index in [1.807, 2.05) is 0 Å².